The largest absolute Gasteiger partial charge is 0.386 e. The van der Waals surface area contributed by atoms with E-state index >= 15 is 0 Å². The Kier molecular flexibility index (Phi) is 4.95. The van der Waals surface area contributed by atoms with Crippen LogP contribution in [0.5, 0.6) is 0 Å². The molecule has 0 fully saturated rings. The number of aliphatic imine (C=N–C) groups is 1. The molecule has 0 aliphatic heterocycles. The number of aliphatic hydroxyl groups excluding tert-OH is 1. The molecule has 0 amide bonds. The highest BCUT2D eigenvalue weighted by molar-refractivity contribution is 9.10. The van der Waals surface area contributed by atoms with Gasteiger partial charge in [-0.1, -0.05) is 45.7 Å². The highest BCUT2D eigenvalue weighted by Crippen LogP contribution is 2.23. The Morgan fingerprint density at radius 2 is 2.11 bits per heavy atom. The van der Waals surface area contributed by atoms with Gasteiger partial charge in [-0.15, -0.1) is 11.3 Å². The van der Waals surface area contributed by atoms with Gasteiger partial charge in [0.25, 0.3) is 0 Å². The van der Waals surface area contributed by atoms with E-state index < -0.39 is 6.10 Å². The van der Waals surface area contributed by atoms with E-state index in [4.69, 9.17) is 11.6 Å². The molecule has 0 saturated carbocycles. The molecule has 1 aromatic carbocycles. The van der Waals surface area contributed by atoms with Gasteiger partial charge in [0.15, 0.2) is 0 Å². The molecule has 1 N–H and O–H groups in total. The lowest BCUT2D eigenvalue weighted by Gasteiger charge is -2.09. The Morgan fingerprint density at radius 1 is 1.33 bits per heavy atom. The molecule has 0 saturated heterocycles. The van der Waals surface area contributed by atoms with Gasteiger partial charge < -0.3 is 5.11 Å². The Balaban J connectivity index is 1.98. The third-order valence-electron chi connectivity index (χ3n) is 2.36. The fraction of sp³-hybridized carbons (Fsp3) is 0.154. The first-order chi connectivity index (χ1) is 8.66. The van der Waals surface area contributed by atoms with Crippen molar-refractivity contribution in [3.05, 3.63) is 55.6 Å². The third-order valence-corrected chi connectivity index (χ3v) is 4.24. The van der Waals surface area contributed by atoms with Crippen LogP contribution in [0.4, 0.5) is 0 Å². The van der Waals surface area contributed by atoms with Crippen LogP contribution in [0.1, 0.15) is 16.5 Å². The second-order valence-electron chi connectivity index (χ2n) is 3.67. The van der Waals surface area contributed by atoms with Crippen molar-refractivity contribution in [1.29, 1.82) is 0 Å². The number of aliphatic hydroxyl groups is 1. The first-order valence-electron chi connectivity index (χ1n) is 5.34. The summed E-state index contributed by atoms with van der Waals surface area (Å²) in [6.45, 7) is 0.331. The number of hydrogen-bond donors (Lipinski definition) is 1. The zero-order valence-electron chi connectivity index (χ0n) is 9.38. The van der Waals surface area contributed by atoms with Crippen molar-refractivity contribution in [2.45, 2.75) is 6.10 Å². The molecule has 0 radical (unpaired) electrons. The summed E-state index contributed by atoms with van der Waals surface area (Å²) in [4.78, 5) is 5.21. The van der Waals surface area contributed by atoms with Gasteiger partial charge >= 0.3 is 0 Å². The Hall–Kier alpha value is -0.680. The maximum Gasteiger partial charge on any atom is 0.0995 e. The first-order valence-corrected chi connectivity index (χ1v) is 7.33. The SMILES string of the molecule is OC(CN=Cc1ccc(Cl)s1)c1ccccc1Br. The van der Waals surface area contributed by atoms with E-state index in [1.165, 1.54) is 11.3 Å². The van der Waals surface area contributed by atoms with Gasteiger partial charge in [-0.05, 0) is 23.8 Å². The third kappa shape index (κ3) is 3.65. The molecular weight excluding hydrogens is 334 g/mol. The Labute approximate surface area is 123 Å². The molecular formula is C13H11BrClNOS. The summed E-state index contributed by atoms with van der Waals surface area (Å²) < 4.78 is 1.63. The topological polar surface area (TPSA) is 32.6 Å². The van der Waals surface area contributed by atoms with Crippen LogP contribution in [-0.2, 0) is 0 Å². The van der Waals surface area contributed by atoms with Crippen molar-refractivity contribution in [2.24, 2.45) is 4.99 Å². The summed E-state index contributed by atoms with van der Waals surface area (Å²) in [5, 5.41) is 10.0. The minimum absolute atomic E-state index is 0.331. The van der Waals surface area contributed by atoms with Gasteiger partial charge in [-0.25, -0.2) is 0 Å². The minimum atomic E-state index is -0.604. The van der Waals surface area contributed by atoms with E-state index in [1.807, 2.05) is 36.4 Å². The van der Waals surface area contributed by atoms with Crippen LogP contribution in [0.3, 0.4) is 0 Å². The number of thiophene rings is 1. The Morgan fingerprint density at radius 3 is 2.78 bits per heavy atom. The fourth-order valence-electron chi connectivity index (χ4n) is 1.48. The summed E-state index contributed by atoms with van der Waals surface area (Å²) in [6, 6.07) is 11.3. The molecule has 0 aliphatic rings. The fourth-order valence-corrected chi connectivity index (χ4v) is 2.99. The second-order valence-corrected chi connectivity index (χ2v) is 6.27. The van der Waals surface area contributed by atoms with Crippen molar-refractivity contribution in [3.63, 3.8) is 0 Å². The molecule has 0 bridgehead atoms. The van der Waals surface area contributed by atoms with Gasteiger partial charge in [-0.2, -0.15) is 0 Å². The average Bonchev–Trinajstić information content (AvgIpc) is 2.75. The molecule has 94 valence electrons. The number of benzene rings is 1. The van der Waals surface area contributed by atoms with Gasteiger partial charge in [0.05, 0.1) is 17.0 Å². The normalized spacial score (nSPS) is 13.1. The summed E-state index contributed by atoms with van der Waals surface area (Å²) in [7, 11) is 0. The zero-order chi connectivity index (χ0) is 13.0. The van der Waals surface area contributed by atoms with Crippen LogP contribution in [0.15, 0.2) is 45.9 Å². The molecule has 1 atom stereocenters. The van der Waals surface area contributed by atoms with Crippen molar-refractivity contribution in [3.8, 4) is 0 Å². The molecule has 2 nitrogen and oxygen atoms in total. The Bertz CT molecular complexity index is 555. The lowest BCUT2D eigenvalue weighted by Crippen LogP contribution is -2.02. The van der Waals surface area contributed by atoms with Gasteiger partial charge in [-0.3, -0.25) is 4.99 Å². The smallest absolute Gasteiger partial charge is 0.0995 e. The van der Waals surface area contributed by atoms with Crippen LogP contribution in [0.25, 0.3) is 0 Å². The molecule has 1 heterocycles. The second kappa shape index (κ2) is 6.48. The molecule has 0 aliphatic carbocycles. The molecule has 5 heteroatoms. The lowest BCUT2D eigenvalue weighted by molar-refractivity contribution is 0.186. The molecule has 2 rings (SSSR count). The average molecular weight is 345 g/mol. The lowest BCUT2D eigenvalue weighted by atomic mass is 10.1. The number of hydrogen-bond acceptors (Lipinski definition) is 3. The van der Waals surface area contributed by atoms with E-state index in [-0.39, 0.29) is 0 Å². The van der Waals surface area contributed by atoms with Gasteiger partial charge in [0.1, 0.15) is 0 Å². The summed E-state index contributed by atoms with van der Waals surface area (Å²) in [5.41, 5.74) is 0.846. The molecule has 2 aromatic rings. The number of nitrogens with zero attached hydrogens (tertiary/aromatic N) is 1. The highest BCUT2D eigenvalue weighted by Gasteiger charge is 2.09. The van der Waals surface area contributed by atoms with Gasteiger partial charge in [0.2, 0.25) is 0 Å². The van der Waals surface area contributed by atoms with Crippen LogP contribution in [0.2, 0.25) is 4.34 Å². The zero-order valence-corrected chi connectivity index (χ0v) is 12.5. The van der Waals surface area contributed by atoms with Crippen LogP contribution < -0.4 is 0 Å². The quantitative estimate of drug-likeness (QED) is 0.823. The predicted molar refractivity (Wildman–Crippen MR) is 80.9 cm³/mol. The summed E-state index contributed by atoms with van der Waals surface area (Å²) in [5.74, 6) is 0. The highest BCUT2D eigenvalue weighted by atomic mass is 79.9. The van der Waals surface area contributed by atoms with Crippen LogP contribution in [0, 0.1) is 0 Å². The number of halogens is 2. The molecule has 0 spiro atoms. The monoisotopic (exact) mass is 343 g/mol. The maximum absolute atomic E-state index is 10.0. The van der Waals surface area contributed by atoms with Crippen molar-refractivity contribution >= 4 is 45.1 Å². The molecule has 1 unspecified atom stereocenters. The summed E-state index contributed by atoms with van der Waals surface area (Å²) >= 11 is 10.7. The van der Waals surface area contributed by atoms with Crippen molar-refractivity contribution in [2.75, 3.05) is 6.54 Å². The standard InChI is InChI=1S/C13H11BrClNOS/c14-11-4-2-1-3-10(11)12(17)8-16-7-9-5-6-13(15)18-9/h1-7,12,17H,8H2. The van der Waals surface area contributed by atoms with E-state index in [0.717, 1.165) is 19.2 Å². The van der Waals surface area contributed by atoms with E-state index in [9.17, 15) is 5.11 Å². The summed E-state index contributed by atoms with van der Waals surface area (Å²) in [6.07, 6.45) is 1.13. The first kappa shape index (κ1) is 13.7. The minimum Gasteiger partial charge on any atom is -0.386 e. The van der Waals surface area contributed by atoms with Crippen LogP contribution in [-0.4, -0.2) is 17.9 Å². The number of rotatable bonds is 4. The molecule has 1 aromatic heterocycles. The van der Waals surface area contributed by atoms with Crippen LogP contribution >= 0.6 is 38.9 Å². The van der Waals surface area contributed by atoms with E-state index in [0.29, 0.717) is 6.54 Å². The maximum atomic E-state index is 10.0. The predicted octanol–water partition coefficient (Wildman–Crippen LogP) is 4.32. The molecule has 18 heavy (non-hydrogen) atoms. The van der Waals surface area contributed by atoms with E-state index in [2.05, 4.69) is 20.9 Å². The van der Waals surface area contributed by atoms with Crippen molar-refractivity contribution < 1.29 is 5.11 Å². The van der Waals surface area contributed by atoms with E-state index in [1.54, 1.807) is 6.21 Å². The van der Waals surface area contributed by atoms with Gasteiger partial charge in [0, 0.05) is 15.6 Å². The van der Waals surface area contributed by atoms with Crippen molar-refractivity contribution in [1.82, 2.24) is 0 Å².